The van der Waals surface area contributed by atoms with Crippen molar-refractivity contribution in [2.45, 2.75) is 6.92 Å². The summed E-state index contributed by atoms with van der Waals surface area (Å²) >= 11 is 0. The summed E-state index contributed by atoms with van der Waals surface area (Å²) in [5.74, 6) is 1.59. The van der Waals surface area contributed by atoms with Gasteiger partial charge in [-0.3, -0.25) is 4.57 Å². The molecule has 0 radical (unpaired) electrons. The lowest BCUT2D eigenvalue weighted by molar-refractivity contribution is 1.07. The summed E-state index contributed by atoms with van der Waals surface area (Å²) < 4.78 is 4.45. The molecule has 0 N–H and O–H groups in total. The van der Waals surface area contributed by atoms with Crippen molar-refractivity contribution >= 4 is 17.0 Å². The molecule has 206 valence electrons. The first-order valence-corrected chi connectivity index (χ1v) is 14.4. The van der Waals surface area contributed by atoms with Gasteiger partial charge in [0.25, 0.3) is 0 Å². The number of allylic oxidation sites excluding steroid dienone is 2. The van der Waals surface area contributed by atoms with Crippen molar-refractivity contribution in [3.05, 3.63) is 163 Å². The Morgan fingerprint density at radius 2 is 1.16 bits per heavy atom. The van der Waals surface area contributed by atoms with Crippen LogP contribution in [0.4, 0.5) is 0 Å². The monoisotopic (exact) mass is 554 g/mol. The van der Waals surface area contributed by atoms with Crippen LogP contribution in [0, 0.1) is 6.92 Å². The van der Waals surface area contributed by atoms with E-state index < -0.39 is 0 Å². The standard InChI is InChI=1S/C39H30N4/c1-3-4-21-36-28(2)35-20-11-12-22-37(35)42(36)34-25-23-30(24-26-34)38-40-41-39(43(38)33-18-9-6-10-19-33)32-17-13-16-31(27-32)29-14-7-5-8-15-29/h3-27H,1H2,2H3/b21-4-. The average molecular weight is 555 g/mol. The van der Waals surface area contributed by atoms with Gasteiger partial charge >= 0.3 is 0 Å². The number of fused-ring (bicyclic) bond motifs is 1. The number of aryl methyl sites for hydroxylation is 1. The second kappa shape index (κ2) is 11.3. The molecule has 0 spiro atoms. The van der Waals surface area contributed by atoms with E-state index >= 15 is 0 Å². The highest BCUT2D eigenvalue weighted by Gasteiger charge is 2.19. The van der Waals surface area contributed by atoms with Crippen molar-refractivity contribution in [3.63, 3.8) is 0 Å². The number of nitrogens with zero attached hydrogens (tertiary/aromatic N) is 4. The van der Waals surface area contributed by atoms with Gasteiger partial charge in [-0.15, -0.1) is 10.2 Å². The van der Waals surface area contributed by atoms with E-state index in [0.29, 0.717) is 0 Å². The van der Waals surface area contributed by atoms with Crippen LogP contribution in [0.5, 0.6) is 0 Å². The fraction of sp³-hybridized carbons (Fsp3) is 0.0256. The van der Waals surface area contributed by atoms with E-state index in [-0.39, 0.29) is 0 Å². The fourth-order valence-electron chi connectivity index (χ4n) is 5.77. The fourth-order valence-corrected chi connectivity index (χ4v) is 5.77. The molecular weight excluding hydrogens is 524 g/mol. The van der Waals surface area contributed by atoms with E-state index in [0.717, 1.165) is 45.4 Å². The molecular formula is C39H30N4. The van der Waals surface area contributed by atoms with Crippen molar-refractivity contribution in [2.24, 2.45) is 0 Å². The highest BCUT2D eigenvalue weighted by atomic mass is 15.3. The molecule has 0 amide bonds. The quantitative estimate of drug-likeness (QED) is 0.184. The van der Waals surface area contributed by atoms with Gasteiger partial charge in [0.05, 0.1) is 5.52 Å². The SMILES string of the molecule is C=C/C=C\c1c(C)c2ccccc2n1-c1ccc(-c2nnc(-c3cccc(-c4ccccc4)c3)n2-c2ccccc2)cc1. The third-order valence-corrected chi connectivity index (χ3v) is 7.85. The lowest BCUT2D eigenvalue weighted by atomic mass is 10.0. The van der Waals surface area contributed by atoms with E-state index in [1.807, 2.05) is 36.4 Å². The maximum Gasteiger partial charge on any atom is 0.168 e. The molecule has 43 heavy (non-hydrogen) atoms. The lowest BCUT2D eigenvalue weighted by Gasteiger charge is -2.13. The normalized spacial score (nSPS) is 11.4. The Labute approximate surface area is 251 Å². The van der Waals surface area contributed by atoms with Crippen LogP contribution in [-0.2, 0) is 0 Å². The van der Waals surface area contributed by atoms with Crippen LogP contribution in [-0.4, -0.2) is 19.3 Å². The highest BCUT2D eigenvalue weighted by molar-refractivity contribution is 5.90. The van der Waals surface area contributed by atoms with Crippen LogP contribution >= 0.6 is 0 Å². The Balaban J connectivity index is 1.35. The minimum absolute atomic E-state index is 0.790. The molecule has 0 atom stereocenters. The van der Waals surface area contributed by atoms with Crippen LogP contribution in [0.2, 0.25) is 0 Å². The van der Waals surface area contributed by atoms with Gasteiger partial charge < -0.3 is 4.57 Å². The minimum atomic E-state index is 0.790. The smallest absolute Gasteiger partial charge is 0.168 e. The van der Waals surface area contributed by atoms with Gasteiger partial charge in [0.15, 0.2) is 11.6 Å². The molecule has 0 aliphatic rings. The number of rotatable bonds is 7. The van der Waals surface area contributed by atoms with Crippen LogP contribution in [0.3, 0.4) is 0 Å². The molecule has 0 unspecified atom stereocenters. The van der Waals surface area contributed by atoms with Crippen molar-refractivity contribution in [1.29, 1.82) is 0 Å². The second-order valence-electron chi connectivity index (χ2n) is 10.5. The first-order chi connectivity index (χ1) is 21.2. The summed E-state index contributed by atoms with van der Waals surface area (Å²) in [6, 6.07) is 46.3. The summed E-state index contributed by atoms with van der Waals surface area (Å²) in [4.78, 5) is 0. The van der Waals surface area contributed by atoms with Gasteiger partial charge in [-0.25, -0.2) is 0 Å². The van der Waals surface area contributed by atoms with Crippen LogP contribution in [0.1, 0.15) is 11.3 Å². The largest absolute Gasteiger partial charge is 0.310 e. The number of hydrogen-bond donors (Lipinski definition) is 0. The first kappa shape index (κ1) is 26.2. The summed E-state index contributed by atoms with van der Waals surface area (Å²) in [7, 11) is 0. The van der Waals surface area contributed by atoms with Crippen molar-refractivity contribution in [2.75, 3.05) is 0 Å². The molecule has 7 rings (SSSR count). The molecule has 4 heteroatoms. The molecule has 2 aromatic heterocycles. The summed E-state index contributed by atoms with van der Waals surface area (Å²) in [6.45, 7) is 6.05. The molecule has 0 fully saturated rings. The highest BCUT2D eigenvalue weighted by Crippen LogP contribution is 2.33. The predicted octanol–water partition coefficient (Wildman–Crippen LogP) is 9.72. The molecule has 0 saturated heterocycles. The van der Waals surface area contributed by atoms with Gasteiger partial charge in [-0.05, 0) is 78.2 Å². The average Bonchev–Trinajstić information content (AvgIpc) is 3.64. The zero-order chi connectivity index (χ0) is 29.2. The molecule has 2 heterocycles. The van der Waals surface area contributed by atoms with Crippen LogP contribution in [0.25, 0.3) is 62.3 Å². The maximum atomic E-state index is 4.74. The number of benzene rings is 5. The van der Waals surface area contributed by atoms with Crippen molar-refractivity contribution < 1.29 is 0 Å². The zero-order valence-electron chi connectivity index (χ0n) is 23.9. The zero-order valence-corrected chi connectivity index (χ0v) is 23.9. The van der Waals surface area contributed by atoms with Gasteiger partial charge in [0.1, 0.15) is 0 Å². The Bertz CT molecular complexity index is 2080. The number of para-hydroxylation sites is 2. The van der Waals surface area contributed by atoms with Gasteiger partial charge in [0.2, 0.25) is 0 Å². The Kier molecular flexibility index (Phi) is 6.86. The maximum absolute atomic E-state index is 4.74. The van der Waals surface area contributed by atoms with Gasteiger partial charge in [-0.1, -0.05) is 104 Å². The Morgan fingerprint density at radius 3 is 1.91 bits per heavy atom. The first-order valence-electron chi connectivity index (χ1n) is 14.4. The van der Waals surface area contributed by atoms with E-state index in [1.54, 1.807) is 0 Å². The Morgan fingerprint density at radius 1 is 0.558 bits per heavy atom. The third kappa shape index (κ3) is 4.79. The van der Waals surface area contributed by atoms with E-state index in [2.05, 4.69) is 138 Å². The molecule has 0 bridgehead atoms. The van der Waals surface area contributed by atoms with Gasteiger partial charge in [0, 0.05) is 33.6 Å². The summed E-state index contributed by atoms with van der Waals surface area (Å²) in [6.07, 6.45) is 5.93. The van der Waals surface area contributed by atoms with Gasteiger partial charge in [-0.2, -0.15) is 0 Å². The molecule has 4 nitrogen and oxygen atoms in total. The van der Waals surface area contributed by atoms with Crippen molar-refractivity contribution in [1.82, 2.24) is 19.3 Å². The molecule has 5 aromatic carbocycles. The molecule has 0 aliphatic carbocycles. The number of hydrogen-bond acceptors (Lipinski definition) is 2. The number of aromatic nitrogens is 4. The van der Waals surface area contributed by atoms with Crippen LogP contribution in [0.15, 0.2) is 152 Å². The Hall–Kier alpha value is -5.74. The van der Waals surface area contributed by atoms with Crippen LogP contribution < -0.4 is 0 Å². The molecule has 7 aromatic rings. The second-order valence-corrected chi connectivity index (χ2v) is 10.5. The van der Waals surface area contributed by atoms with E-state index in [9.17, 15) is 0 Å². The predicted molar refractivity (Wildman–Crippen MR) is 178 cm³/mol. The molecule has 0 aliphatic heterocycles. The van der Waals surface area contributed by atoms with E-state index in [4.69, 9.17) is 10.2 Å². The molecule has 0 saturated carbocycles. The van der Waals surface area contributed by atoms with Crippen molar-refractivity contribution in [3.8, 4) is 45.3 Å². The lowest BCUT2D eigenvalue weighted by Crippen LogP contribution is -2.01. The minimum Gasteiger partial charge on any atom is -0.310 e. The third-order valence-electron chi connectivity index (χ3n) is 7.85. The summed E-state index contributed by atoms with van der Waals surface area (Å²) in [5.41, 5.74) is 9.95. The van der Waals surface area contributed by atoms with E-state index in [1.165, 1.54) is 22.0 Å². The summed E-state index contributed by atoms with van der Waals surface area (Å²) in [5, 5.41) is 10.7. The topological polar surface area (TPSA) is 35.6 Å².